The van der Waals surface area contributed by atoms with Crippen molar-refractivity contribution in [1.29, 1.82) is 0 Å². The predicted octanol–water partition coefficient (Wildman–Crippen LogP) is 1.85. The molecule has 7 bridgehead atoms. The predicted molar refractivity (Wildman–Crippen MR) is 142 cm³/mol. The van der Waals surface area contributed by atoms with Crippen molar-refractivity contribution in [2.24, 2.45) is 29.1 Å². The van der Waals surface area contributed by atoms with Gasteiger partial charge in [0.15, 0.2) is 0 Å². The van der Waals surface area contributed by atoms with E-state index in [4.69, 9.17) is 24.7 Å². The van der Waals surface area contributed by atoms with Gasteiger partial charge in [-0.1, -0.05) is 19.1 Å². The van der Waals surface area contributed by atoms with Crippen molar-refractivity contribution >= 4 is 11.7 Å². The number of rotatable bonds is 6. The van der Waals surface area contributed by atoms with Crippen LogP contribution in [0, 0.1) is 29.1 Å². The van der Waals surface area contributed by atoms with Gasteiger partial charge in [-0.2, -0.15) is 0 Å². The molecule has 7 rings (SSSR count). The van der Waals surface area contributed by atoms with Gasteiger partial charge in [0.2, 0.25) is 0 Å². The van der Waals surface area contributed by atoms with Gasteiger partial charge < -0.3 is 34.9 Å². The molecule has 1 heterocycles. The molecule has 1 spiro atoms. The highest BCUT2D eigenvalue weighted by Gasteiger charge is 2.89. The second-order valence-electron chi connectivity index (χ2n) is 13.0. The van der Waals surface area contributed by atoms with Crippen LogP contribution in [-0.4, -0.2) is 96.7 Å². The van der Waals surface area contributed by atoms with Gasteiger partial charge in [0.05, 0.1) is 23.9 Å². The molecule has 6 aliphatic rings. The number of anilines is 1. The molecule has 9 nitrogen and oxygen atoms in total. The van der Waals surface area contributed by atoms with Gasteiger partial charge in [0.1, 0.15) is 16.8 Å². The first kappa shape index (κ1) is 26.2. The maximum absolute atomic E-state index is 13.7. The number of esters is 1. The fourth-order valence-corrected chi connectivity index (χ4v) is 11.3. The molecule has 0 aromatic heterocycles. The van der Waals surface area contributed by atoms with Crippen LogP contribution in [0.1, 0.15) is 49.4 Å². The highest BCUT2D eigenvalue weighted by atomic mass is 16.6. The molecule has 0 radical (unpaired) electrons. The number of nitrogens with zero attached hydrogens (tertiary/aromatic N) is 1. The van der Waals surface area contributed by atoms with Crippen molar-refractivity contribution in [3.63, 3.8) is 0 Å². The maximum atomic E-state index is 13.7. The van der Waals surface area contributed by atoms with Crippen LogP contribution in [-0.2, 0) is 18.9 Å². The van der Waals surface area contributed by atoms with Crippen LogP contribution < -0.4 is 5.73 Å². The highest BCUT2D eigenvalue weighted by molar-refractivity contribution is 5.95. The number of carbonyl (C=O) groups excluding carboxylic acids is 1. The van der Waals surface area contributed by atoms with Crippen LogP contribution in [0.25, 0.3) is 0 Å². The zero-order valence-corrected chi connectivity index (χ0v) is 23.3. The van der Waals surface area contributed by atoms with Crippen molar-refractivity contribution in [3.05, 3.63) is 29.8 Å². The standard InChI is InChI=1S/C30H42N2O7/c1-5-32-15-27(39-26(33)16-8-6-7-9-19(16)31)11-10-23(37-3)29-21(27)13-18(24(29)32)28(34)14-20(36-2)17-12-22(29)30(28,35)25(17)38-4/h6-9,17-18,20-25,34-35H,5,10-15,31H2,1-4H3/t17-,18-,20+,21-,22+,23+,24-,25+,27-,28+,29+,30+/m1/s1. The van der Waals surface area contributed by atoms with Gasteiger partial charge in [-0.05, 0) is 44.4 Å². The minimum Gasteiger partial charge on any atom is -0.454 e. The quantitative estimate of drug-likeness (QED) is 0.365. The normalized spacial score (nSPS) is 51.1. The van der Waals surface area contributed by atoms with E-state index in [1.807, 2.05) is 6.07 Å². The van der Waals surface area contributed by atoms with E-state index in [2.05, 4.69) is 11.8 Å². The summed E-state index contributed by atoms with van der Waals surface area (Å²) in [7, 11) is 5.09. The fraction of sp³-hybridized carbons (Fsp3) is 0.767. The Morgan fingerprint density at radius 2 is 1.87 bits per heavy atom. The summed E-state index contributed by atoms with van der Waals surface area (Å²) >= 11 is 0. The number of nitrogen functional groups attached to an aromatic ring is 1. The van der Waals surface area contributed by atoms with Gasteiger partial charge >= 0.3 is 5.97 Å². The van der Waals surface area contributed by atoms with E-state index in [9.17, 15) is 15.0 Å². The minimum absolute atomic E-state index is 0.00601. The van der Waals surface area contributed by atoms with E-state index in [0.29, 0.717) is 49.9 Å². The minimum atomic E-state index is -1.44. The lowest BCUT2D eigenvalue weighted by atomic mass is 9.44. The molecule has 1 saturated heterocycles. The third-order valence-electron chi connectivity index (χ3n) is 12.4. The summed E-state index contributed by atoms with van der Waals surface area (Å²) in [5.74, 6) is -1.06. The van der Waals surface area contributed by atoms with Crippen molar-refractivity contribution in [2.75, 3.05) is 40.2 Å². The Balaban J connectivity index is 1.42. The van der Waals surface area contributed by atoms with E-state index in [0.717, 1.165) is 6.54 Å². The van der Waals surface area contributed by atoms with Crippen molar-refractivity contribution in [3.8, 4) is 0 Å². The summed E-state index contributed by atoms with van der Waals surface area (Å²) in [6, 6.07) is 7.04. The molecule has 6 fully saturated rings. The molecule has 4 N–H and O–H groups in total. The van der Waals surface area contributed by atoms with Crippen LogP contribution in [0.2, 0.25) is 0 Å². The Hall–Kier alpha value is -1.75. The third-order valence-corrected chi connectivity index (χ3v) is 12.4. The number of nitrogens with two attached hydrogens (primary N) is 1. The molecule has 214 valence electrons. The maximum Gasteiger partial charge on any atom is 0.340 e. The second kappa shape index (κ2) is 8.39. The molecule has 9 heteroatoms. The number of benzene rings is 1. The fourth-order valence-electron chi connectivity index (χ4n) is 11.3. The number of ether oxygens (including phenoxy) is 4. The summed E-state index contributed by atoms with van der Waals surface area (Å²) in [4.78, 5) is 16.1. The number of methoxy groups -OCH3 is 3. The summed E-state index contributed by atoms with van der Waals surface area (Å²) in [6.07, 6.45) is 2.17. The lowest BCUT2D eigenvalue weighted by Gasteiger charge is -2.70. The molecule has 0 unspecified atom stereocenters. The summed E-state index contributed by atoms with van der Waals surface area (Å²) in [6.45, 7) is 3.47. The number of para-hydroxylation sites is 1. The van der Waals surface area contributed by atoms with Crippen molar-refractivity contribution < 1.29 is 34.0 Å². The van der Waals surface area contributed by atoms with E-state index >= 15 is 0 Å². The summed E-state index contributed by atoms with van der Waals surface area (Å²) in [5.41, 5.74) is 2.84. The number of likely N-dealkylation sites (N-methyl/N-ethyl adjacent to an activating group) is 1. The van der Waals surface area contributed by atoms with E-state index < -0.39 is 34.3 Å². The topological polar surface area (TPSA) is 124 Å². The molecule has 5 saturated carbocycles. The van der Waals surface area contributed by atoms with Gasteiger partial charge in [-0.3, -0.25) is 4.90 Å². The molecule has 1 aromatic rings. The van der Waals surface area contributed by atoms with Crippen LogP contribution in [0.15, 0.2) is 24.3 Å². The number of carbonyl (C=O) groups is 1. The van der Waals surface area contributed by atoms with Crippen LogP contribution >= 0.6 is 0 Å². The second-order valence-corrected chi connectivity index (χ2v) is 13.0. The van der Waals surface area contributed by atoms with E-state index in [1.165, 1.54) is 0 Å². The number of fused-ring (bicyclic) bond motifs is 2. The monoisotopic (exact) mass is 542 g/mol. The van der Waals surface area contributed by atoms with Crippen molar-refractivity contribution in [1.82, 2.24) is 4.90 Å². The molecule has 0 amide bonds. The van der Waals surface area contributed by atoms with Gasteiger partial charge in [0.25, 0.3) is 0 Å². The van der Waals surface area contributed by atoms with Crippen molar-refractivity contribution in [2.45, 2.75) is 80.2 Å². The Morgan fingerprint density at radius 3 is 2.54 bits per heavy atom. The van der Waals surface area contributed by atoms with Gasteiger partial charge in [-0.15, -0.1) is 0 Å². The molecule has 1 aliphatic heterocycles. The molecular formula is C30H42N2O7. The third kappa shape index (κ3) is 2.80. The zero-order chi connectivity index (χ0) is 27.5. The smallest absolute Gasteiger partial charge is 0.340 e. The lowest BCUT2D eigenvalue weighted by molar-refractivity contribution is -0.337. The zero-order valence-electron chi connectivity index (χ0n) is 23.3. The largest absolute Gasteiger partial charge is 0.454 e. The number of aliphatic hydroxyl groups is 2. The first-order valence-corrected chi connectivity index (χ1v) is 14.5. The summed E-state index contributed by atoms with van der Waals surface area (Å²) in [5, 5.41) is 25.6. The van der Waals surface area contributed by atoms with Crippen LogP contribution in [0.4, 0.5) is 5.69 Å². The lowest BCUT2D eigenvalue weighted by Crippen LogP contribution is -2.83. The Kier molecular flexibility index (Phi) is 5.63. The Bertz CT molecular complexity index is 1180. The Morgan fingerprint density at radius 1 is 1.10 bits per heavy atom. The number of likely N-dealkylation sites (tertiary alicyclic amines) is 1. The summed E-state index contributed by atoms with van der Waals surface area (Å²) < 4.78 is 24.9. The van der Waals surface area contributed by atoms with Gasteiger partial charge in [-0.25, -0.2) is 4.79 Å². The van der Waals surface area contributed by atoms with E-state index in [1.54, 1.807) is 39.5 Å². The van der Waals surface area contributed by atoms with Gasteiger partial charge in [0, 0.05) is 75.1 Å². The molecular weight excluding hydrogens is 500 g/mol. The number of hydrogen-bond acceptors (Lipinski definition) is 9. The Labute approximate surface area is 229 Å². The number of hydrogen-bond donors (Lipinski definition) is 3. The molecule has 12 atom stereocenters. The molecule has 5 aliphatic carbocycles. The highest BCUT2D eigenvalue weighted by Crippen LogP contribution is 2.79. The molecule has 1 aromatic carbocycles. The first-order valence-electron chi connectivity index (χ1n) is 14.5. The van der Waals surface area contributed by atoms with E-state index in [-0.39, 0.29) is 41.9 Å². The van der Waals surface area contributed by atoms with Crippen LogP contribution in [0.5, 0.6) is 0 Å². The average Bonchev–Trinajstić information content (AvgIpc) is 3.35. The SMILES string of the molecule is CCN1C[C@]2(OC(=O)c3ccccc3N)CC[C@H](OC)[C@@]34[C@@H]2C[C@H]([C@@H]13)[C@@]1(O)C[C@H](OC)[C@H]2C[C@@H]4[C@]1(O)[C@H]2OC. The number of piperidine rings is 1. The molecule has 39 heavy (non-hydrogen) atoms. The average molecular weight is 543 g/mol. The first-order chi connectivity index (χ1) is 18.7. The van der Waals surface area contributed by atoms with Crippen LogP contribution in [0.3, 0.4) is 0 Å².